The Morgan fingerprint density at radius 1 is 1.35 bits per heavy atom. The number of nitriles is 1. The van der Waals surface area contributed by atoms with E-state index in [0.29, 0.717) is 0 Å². The van der Waals surface area contributed by atoms with Crippen LogP contribution in [0.2, 0.25) is 0 Å². The molecule has 0 amide bonds. The summed E-state index contributed by atoms with van der Waals surface area (Å²) in [7, 11) is -0.548. The average molecular weight is 339 g/mol. The lowest BCUT2D eigenvalue weighted by atomic mass is 9.85. The second-order valence-corrected chi connectivity index (χ2v) is 7.98. The molecule has 128 valence electrons. The third kappa shape index (κ3) is 5.20. The Bertz CT molecular complexity index is 648. The summed E-state index contributed by atoms with van der Waals surface area (Å²) in [5.74, 6) is 0.759. The van der Waals surface area contributed by atoms with E-state index in [1.807, 2.05) is 44.2 Å². The van der Waals surface area contributed by atoms with Crippen LogP contribution in [0.25, 0.3) is 0 Å². The quantitative estimate of drug-likeness (QED) is 0.786. The zero-order chi connectivity index (χ0) is 17.7. The molecule has 1 N–H and O–H groups in total. The fraction of sp³-hybridized carbons (Fsp3) is 0.562. The van der Waals surface area contributed by atoms with Gasteiger partial charge in [-0.3, -0.25) is 0 Å². The van der Waals surface area contributed by atoms with Gasteiger partial charge in [-0.05, 0) is 24.6 Å². The van der Waals surface area contributed by atoms with E-state index >= 15 is 0 Å². The summed E-state index contributed by atoms with van der Waals surface area (Å²) < 4.78 is 33.6. The SMILES string of the molecule is COc1ccc(C(C)(C)CNS(=O)(=O)N(C)C(C)CC#N)cc1. The van der Waals surface area contributed by atoms with Gasteiger partial charge in [0, 0.05) is 25.0 Å². The van der Waals surface area contributed by atoms with Crippen molar-refractivity contribution >= 4 is 10.2 Å². The zero-order valence-corrected chi connectivity index (χ0v) is 15.1. The Hall–Kier alpha value is -1.62. The van der Waals surface area contributed by atoms with Crippen molar-refractivity contribution in [2.24, 2.45) is 0 Å². The van der Waals surface area contributed by atoms with Gasteiger partial charge < -0.3 is 4.74 Å². The highest BCUT2D eigenvalue weighted by Crippen LogP contribution is 2.25. The summed E-state index contributed by atoms with van der Waals surface area (Å²) in [6.45, 7) is 5.90. The first-order valence-electron chi connectivity index (χ1n) is 7.38. The first-order valence-corrected chi connectivity index (χ1v) is 8.82. The van der Waals surface area contributed by atoms with Crippen LogP contribution in [-0.4, -0.2) is 39.5 Å². The summed E-state index contributed by atoms with van der Waals surface area (Å²) >= 11 is 0. The maximum atomic E-state index is 12.3. The lowest BCUT2D eigenvalue weighted by molar-refractivity contribution is 0.380. The highest BCUT2D eigenvalue weighted by molar-refractivity contribution is 7.87. The highest BCUT2D eigenvalue weighted by Gasteiger charge is 2.27. The molecule has 7 heteroatoms. The Kier molecular flexibility index (Phi) is 6.57. The molecule has 1 aromatic carbocycles. The summed E-state index contributed by atoms with van der Waals surface area (Å²) in [6.07, 6.45) is 0.152. The molecule has 0 aliphatic heterocycles. The van der Waals surface area contributed by atoms with Gasteiger partial charge >= 0.3 is 0 Å². The van der Waals surface area contributed by atoms with Crippen LogP contribution in [0.4, 0.5) is 0 Å². The number of benzene rings is 1. The van der Waals surface area contributed by atoms with Gasteiger partial charge in [-0.1, -0.05) is 26.0 Å². The highest BCUT2D eigenvalue weighted by atomic mass is 32.2. The minimum absolute atomic E-state index is 0.152. The largest absolute Gasteiger partial charge is 0.497 e. The number of nitrogens with one attached hydrogen (secondary N) is 1. The topological polar surface area (TPSA) is 82.4 Å². The third-order valence-corrected chi connectivity index (χ3v) is 5.58. The van der Waals surface area contributed by atoms with E-state index in [4.69, 9.17) is 10.00 Å². The van der Waals surface area contributed by atoms with Crippen LogP contribution in [0.5, 0.6) is 5.75 Å². The monoisotopic (exact) mass is 339 g/mol. The molecule has 0 aliphatic carbocycles. The van der Waals surface area contributed by atoms with Gasteiger partial charge in [0.15, 0.2) is 0 Å². The van der Waals surface area contributed by atoms with E-state index in [2.05, 4.69) is 4.72 Å². The molecule has 6 nitrogen and oxygen atoms in total. The van der Waals surface area contributed by atoms with Gasteiger partial charge in [-0.25, -0.2) is 4.72 Å². The summed E-state index contributed by atoms with van der Waals surface area (Å²) in [5, 5.41) is 8.70. The van der Waals surface area contributed by atoms with Crippen molar-refractivity contribution in [2.45, 2.75) is 38.6 Å². The fourth-order valence-electron chi connectivity index (χ4n) is 2.02. The number of methoxy groups -OCH3 is 1. The van der Waals surface area contributed by atoms with Crippen molar-refractivity contribution in [1.82, 2.24) is 9.03 Å². The second-order valence-electron chi connectivity index (χ2n) is 6.17. The predicted molar refractivity (Wildman–Crippen MR) is 90.4 cm³/mol. The number of hydrogen-bond acceptors (Lipinski definition) is 4. The normalized spacial score (nSPS) is 13.6. The molecule has 1 rings (SSSR count). The fourth-order valence-corrected chi connectivity index (χ4v) is 3.31. The Balaban J connectivity index is 2.79. The molecule has 0 spiro atoms. The van der Waals surface area contributed by atoms with Gasteiger partial charge in [0.25, 0.3) is 10.2 Å². The molecule has 0 fully saturated rings. The molecule has 1 aromatic rings. The van der Waals surface area contributed by atoms with Gasteiger partial charge in [-0.15, -0.1) is 0 Å². The van der Waals surface area contributed by atoms with Crippen LogP contribution in [0.15, 0.2) is 24.3 Å². The van der Waals surface area contributed by atoms with Gasteiger partial charge in [0.05, 0.1) is 19.6 Å². The number of rotatable bonds is 8. The zero-order valence-electron chi connectivity index (χ0n) is 14.3. The van der Waals surface area contributed by atoms with Crippen LogP contribution >= 0.6 is 0 Å². The van der Waals surface area contributed by atoms with Gasteiger partial charge in [0.1, 0.15) is 5.75 Å². The average Bonchev–Trinajstić information content (AvgIpc) is 2.52. The van der Waals surface area contributed by atoms with Crippen LogP contribution in [-0.2, 0) is 15.6 Å². The van der Waals surface area contributed by atoms with E-state index in [-0.39, 0.29) is 24.4 Å². The predicted octanol–water partition coefficient (Wildman–Crippen LogP) is 2.04. The third-order valence-electron chi connectivity index (χ3n) is 3.95. The molecule has 1 unspecified atom stereocenters. The molecule has 0 aliphatic rings. The van der Waals surface area contributed by atoms with E-state index in [9.17, 15) is 8.42 Å². The lowest BCUT2D eigenvalue weighted by Gasteiger charge is -2.28. The van der Waals surface area contributed by atoms with Crippen molar-refractivity contribution in [3.8, 4) is 11.8 Å². The van der Waals surface area contributed by atoms with Crippen molar-refractivity contribution in [3.05, 3.63) is 29.8 Å². The smallest absolute Gasteiger partial charge is 0.279 e. The Labute approximate surface area is 139 Å². The number of nitrogens with zero attached hydrogens (tertiary/aromatic N) is 2. The maximum absolute atomic E-state index is 12.3. The summed E-state index contributed by atoms with van der Waals surface area (Å²) in [4.78, 5) is 0. The second kappa shape index (κ2) is 7.77. The standard InChI is InChI=1S/C16H25N3O3S/c1-13(10-11-17)19(4)23(20,21)18-12-16(2,3)14-6-8-15(22-5)9-7-14/h6-9,13,18H,10,12H2,1-5H3. The summed E-state index contributed by atoms with van der Waals surface area (Å²) in [6, 6.07) is 9.17. The Morgan fingerprint density at radius 2 is 1.91 bits per heavy atom. The maximum Gasteiger partial charge on any atom is 0.279 e. The first kappa shape index (κ1) is 19.4. The molecule has 1 atom stereocenters. The molecule has 23 heavy (non-hydrogen) atoms. The Morgan fingerprint density at radius 3 is 2.39 bits per heavy atom. The van der Waals surface area contributed by atoms with Gasteiger partial charge in [0.2, 0.25) is 0 Å². The molecule has 0 aromatic heterocycles. The molecule has 0 saturated carbocycles. The molecule has 0 bridgehead atoms. The molecule has 0 radical (unpaired) electrons. The van der Waals surface area contributed by atoms with Crippen LogP contribution in [0.3, 0.4) is 0 Å². The summed E-state index contributed by atoms with van der Waals surface area (Å²) in [5.41, 5.74) is 0.632. The molecular formula is C16H25N3O3S. The van der Waals surface area contributed by atoms with E-state index in [1.54, 1.807) is 14.0 Å². The minimum atomic E-state index is -3.63. The van der Waals surface area contributed by atoms with E-state index in [1.165, 1.54) is 11.4 Å². The minimum Gasteiger partial charge on any atom is -0.497 e. The van der Waals surface area contributed by atoms with Crippen LogP contribution < -0.4 is 9.46 Å². The van der Waals surface area contributed by atoms with Crippen molar-refractivity contribution in [1.29, 1.82) is 5.26 Å². The van der Waals surface area contributed by atoms with Crippen LogP contribution in [0.1, 0.15) is 32.8 Å². The van der Waals surface area contributed by atoms with Crippen LogP contribution in [0, 0.1) is 11.3 Å². The van der Waals surface area contributed by atoms with Gasteiger partial charge in [-0.2, -0.15) is 18.0 Å². The van der Waals surface area contributed by atoms with Crippen molar-refractivity contribution < 1.29 is 13.2 Å². The number of ether oxygens (including phenoxy) is 1. The lowest BCUT2D eigenvalue weighted by Crippen LogP contribution is -2.46. The van der Waals surface area contributed by atoms with E-state index < -0.39 is 10.2 Å². The van der Waals surface area contributed by atoms with Crippen molar-refractivity contribution in [2.75, 3.05) is 20.7 Å². The first-order chi connectivity index (χ1) is 10.6. The molecular weight excluding hydrogens is 314 g/mol. The van der Waals surface area contributed by atoms with E-state index in [0.717, 1.165) is 11.3 Å². The molecule has 0 saturated heterocycles. The molecule has 0 heterocycles. The van der Waals surface area contributed by atoms with Crippen molar-refractivity contribution in [3.63, 3.8) is 0 Å². The number of hydrogen-bond donors (Lipinski definition) is 1.